The smallest absolute Gasteiger partial charge is 0.227 e. The molecule has 0 amide bonds. The summed E-state index contributed by atoms with van der Waals surface area (Å²) in [7, 11) is 0. The number of H-pyrrole nitrogens is 1. The van der Waals surface area contributed by atoms with Crippen LogP contribution in [0.1, 0.15) is 30.3 Å². The van der Waals surface area contributed by atoms with Crippen molar-refractivity contribution in [2.24, 2.45) is 0 Å². The van der Waals surface area contributed by atoms with Crippen molar-refractivity contribution in [3.8, 4) is 0 Å². The van der Waals surface area contributed by atoms with Crippen LogP contribution in [0, 0.1) is 0 Å². The van der Waals surface area contributed by atoms with E-state index >= 15 is 0 Å². The Hall–Kier alpha value is -2.93. The van der Waals surface area contributed by atoms with Gasteiger partial charge in [0.1, 0.15) is 5.82 Å². The Balaban J connectivity index is 1.46. The molecular formula is C21H25N7. The summed E-state index contributed by atoms with van der Waals surface area (Å²) >= 11 is 0. The predicted octanol–water partition coefficient (Wildman–Crippen LogP) is 2.65. The van der Waals surface area contributed by atoms with Crippen molar-refractivity contribution in [1.29, 1.82) is 0 Å². The molecule has 1 aromatic carbocycles. The van der Waals surface area contributed by atoms with Crippen LogP contribution in [0.15, 0.2) is 42.5 Å². The summed E-state index contributed by atoms with van der Waals surface area (Å²) in [4.78, 5) is 12.1. The fourth-order valence-corrected chi connectivity index (χ4v) is 4.12. The molecule has 2 saturated heterocycles. The minimum atomic E-state index is 0.488. The van der Waals surface area contributed by atoms with Gasteiger partial charge in [-0.1, -0.05) is 37.3 Å². The van der Waals surface area contributed by atoms with E-state index < -0.39 is 0 Å². The minimum absolute atomic E-state index is 0.488. The lowest BCUT2D eigenvalue weighted by atomic mass is 10.1. The number of hydrogen-bond donors (Lipinski definition) is 3. The van der Waals surface area contributed by atoms with Gasteiger partial charge in [-0.15, -0.1) is 0 Å². The fourth-order valence-electron chi connectivity index (χ4n) is 4.12. The highest BCUT2D eigenvalue weighted by molar-refractivity contribution is 5.55. The summed E-state index contributed by atoms with van der Waals surface area (Å²) in [5.41, 5.74) is 3.36. The maximum absolute atomic E-state index is 4.91. The van der Waals surface area contributed by atoms with Crippen LogP contribution < -0.4 is 15.5 Å². The van der Waals surface area contributed by atoms with Gasteiger partial charge in [0.15, 0.2) is 5.82 Å². The van der Waals surface area contributed by atoms with E-state index in [1.54, 1.807) is 0 Å². The Morgan fingerprint density at radius 3 is 2.75 bits per heavy atom. The van der Waals surface area contributed by atoms with Gasteiger partial charge in [-0.05, 0) is 18.4 Å². The Bertz CT molecular complexity index is 952. The molecule has 3 N–H and O–H groups in total. The highest BCUT2D eigenvalue weighted by Gasteiger charge is 2.39. The summed E-state index contributed by atoms with van der Waals surface area (Å²) in [5, 5.41) is 14.3. The fraction of sp³-hybridized carbons (Fsp3) is 0.381. The number of aromatic nitrogens is 4. The van der Waals surface area contributed by atoms with Crippen LogP contribution in [0.2, 0.25) is 0 Å². The second kappa shape index (κ2) is 7.24. The van der Waals surface area contributed by atoms with E-state index in [0.29, 0.717) is 12.1 Å². The first kappa shape index (κ1) is 17.2. The van der Waals surface area contributed by atoms with Crippen LogP contribution in [-0.2, 0) is 12.8 Å². The number of rotatable bonds is 6. The molecule has 4 heterocycles. The van der Waals surface area contributed by atoms with Crippen molar-refractivity contribution in [1.82, 2.24) is 25.5 Å². The predicted molar refractivity (Wildman–Crippen MR) is 110 cm³/mol. The van der Waals surface area contributed by atoms with Crippen molar-refractivity contribution in [2.75, 3.05) is 23.3 Å². The maximum atomic E-state index is 4.91. The normalized spacial score (nSPS) is 20.7. The molecule has 2 aliphatic heterocycles. The molecule has 28 heavy (non-hydrogen) atoms. The van der Waals surface area contributed by atoms with Crippen LogP contribution in [0.3, 0.4) is 0 Å². The number of fused-ring (bicyclic) bond motifs is 2. The molecule has 2 aromatic heterocycles. The zero-order chi connectivity index (χ0) is 18.9. The molecule has 0 aliphatic carbocycles. The van der Waals surface area contributed by atoms with Crippen molar-refractivity contribution in [3.63, 3.8) is 0 Å². The van der Waals surface area contributed by atoms with E-state index in [4.69, 9.17) is 9.97 Å². The minimum Gasteiger partial charge on any atom is -0.335 e. The molecule has 2 atom stereocenters. The molecule has 7 heteroatoms. The zero-order valence-corrected chi connectivity index (χ0v) is 16.0. The third kappa shape index (κ3) is 3.45. The quantitative estimate of drug-likeness (QED) is 0.615. The highest BCUT2D eigenvalue weighted by atomic mass is 15.4. The summed E-state index contributed by atoms with van der Waals surface area (Å²) in [6.45, 7) is 4.09. The van der Waals surface area contributed by atoms with Gasteiger partial charge in [-0.2, -0.15) is 10.1 Å². The van der Waals surface area contributed by atoms with Gasteiger partial charge in [0.25, 0.3) is 0 Å². The summed E-state index contributed by atoms with van der Waals surface area (Å²) in [5.74, 6) is 2.40. The van der Waals surface area contributed by atoms with Crippen molar-refractivity contribution in [3.05, 3.63) is 59.4 Å². The SMILES string of the molecule is CCc1cc(Nc2cc(Cc3ccccc3)nc(N3C[C@@H]4C[C@H]3CN4)n2)n[nH]1. The summed E-state index contributed by atoms with van der Waals surface area (Å²) in [6, 6.07) is 15.6. The summed E-state index contributed by atoms with van der Waals surface area (Å²) in [6.07, 6.45) is 2.88. The van der Waals surface area contributed by atoms with Crippen molar-refractivity contribution >= 4 is 17.6 Å². The molecule has 2 bridgehead atoms. The van der Waals surface area contributed by atoms with Crippen LogP contribution >= 0.6 is 0 Å². The Kier molecular flexibility index (Phi) is 4.44. The second-order valence-electron chi connectivity index (χ2n) is 7.61. The Morgan fingerprint density at radius 2 is 2.04 bits per heavy atom. The van der Waals surface area contributed by atoms with E-state index in [1.807, 2.05) is 18.2 Å². The van der Waals surface area contributed by atoms with Crippen LogP contribution in [0.5, 0.6) is 0 Å². The first-order valence-electron chi connectivity index (χ1n) is 10.00. The number of nitrogens with one attached hydrogen (secondary N) is 3. The number of piperazine rings is 1. The number of aromatic amines is 1. The standard InChI is InChI=1S/C21H25N7/c1-2-15-10-20(27-26-15)24-19-11-16(8-14-6-4-3-5-7-14)23-21(25-19)28-13-17-9-18(28)12-22-17/h3-7,10-11,17-18,22H,2,8-9,12-13H2,1H3,(H2,23,24,25,26,27)/t17-,18-/m0/s1. The number of aryl methyl sites for hydroxylation is 1. The van der Waals surface area contributed by atoms with Crippen molar-refractivity contribution in [2.45, 2.75) is 38.3 Å². The highest BCUT2D eigenvalue weighted by Crippen LogP contribution is 2.29. The van der Waals surface area contributed by atoms with Gasteiger partial charge in [0.05, 0.1) is 5.69 Å². The molecule has 144 valence electrons. The number of nitrogens with zero attached hydrogens (tertiary/aromatic N) is 4. The molecule has 5 rings (SSSR count). The van der Waals surface area contributed by atoms with E-state index in [1.165, 1.54) is 12.0 Å². The number of hydrogen-bond acceptors (Lipinski definition) is 6. The molecule has 2 fully saturated rings. The largest absolute Gasteiger partial charge is 0.335 e. The summed E-state index contributed by atoms with van der Waals surface area (Å²) < 4.78 is 0. The van der Waals surface area contributed by atoms with Gasteiger partial charge in [-0.3, -0.25) is 5.10 Å². The first-order valence-corrected chi connectivity index (χ1v) is 10.00. The van der Waals surface area contributed by atoms with E-state index in [2.05, 4.69) is 56.9 Å². The molecule has 0 saturated carbocycles. The molecule has 0 radical (unpaired) electrons. The number of benzene rings is 1. The monoisotopic (exact) mass is 375 g/mol. The van der Waals surface area contributed by atoms with Crippen LogP contribution in [0.4, 0.5) is 17.6 Å². The van der Waals surface area contributed by atoms with Gasteiger partial charge >= 0.3 is 0 Å². The molecule has 3 aromatic rings. The van der Waals surface area contributed by atoms with E-state index in [9.17, 15) is 0 Å². The first-order chi connectivity index (χ1) is 13.8. The molecular weight excluding hydrogens is 350 g/mol. The lowest BCUT2D eigenvalue weighted by Gasteiger charge is -2.28. The second-order valence-corrected chi connectivity index (χ2v) is 7.61. The van der Waals surface area contributed by atoms with Gasteiger partial charge < -0.3 is 15.5 Å². The van der Waals surface area contributed by atoms with E-state index in [0.717, 1.165) is 54.9 Å². The molecule has 2 aliphatic rings. The topological polar surface area (TPSA) is 81.8 Å². The maximum Gasteiger partial charge on any atom is 0.227 e. The van der Waals surface area contributed by atoms with Crippen LogP contribution in [0.25, 0.3) is 0 Å². The molecule has 0 unspecified atom stereocenters. The van der Waals surface area contributed by atoms with Gasteiger partial charge in [0, 0.05) is 49.4 Å². The van der Waals surface area contributed by atoms with Crippen molar-refractivity contribution < 1.29 is 0 Å². The third-order valence-electron chi connectivity index (χ3n) is 5.58. The lowest BCUT2D eigenvalue weighted by Crippen LogP contribution is -2.44. The average Bonchev–Trinajstić information content (AvgIpc) is 3.45. The Morgan fingerprint density at radius 1 is 1.14 bits per heavy atom. The van der Waals surface area contributed by atoms with Crippen LogP contribution in [-0.4, -0.2) is 45.3 Å². The molecule has 0 spiro atoms. The average molecular weight is 375 g/mol. The zero-order valence-electron chi connectivity index (χ0n) is 16.0. The lowest BCUT2D eigenvalue weighted by molar-refractivity contribution is 0.571. The van der Waals surface area contributed by atoms with E-state index in [-0.39, 0.29) is 0 Å². The number of anilines is 3. The third-order valence-corrected chi connectivity index (χ3v) is 5.58. The van der Waals surface area contributed by atoms with Gasteiger partial charge in [0.2, 0.25) is 5.95 Å². The van der Waals surface area contributed by atoms with Gasteiger partial charge in [-0.25, -0.2) is 4.98 Å². The molecule has 7 nitrogen and oxygen atoms in total. The Labute approximate surface area is 164 Å².